The minimum Gasteiger partial charge on any atom is -0.385 e. The third kappa shape index (κ3) is 4.50. The summed E-state index contributed by atoms with van der Waals surface area (Å²) in [6.45, 7) is 3.50. The Morgan fingerprint density at radius 1 is 1.45 bits per heavy atom. The van der Waals surface area contributed by atoms with Crippen molar-refractivity contribution in [2.75, 3.05) is 35.7 Å². The number of anilines is 1. The van der Waals surface area contributed by atoms with Gasteiger partial charge in [-0.25, -0.2) is 0 Å². The maximum Gasteiger partial charge on any atom is 0.253 e. The van der Waals surface area contributed by atoms with Crippen LogP contribution in [0.4, 0.5) is 5.69 Å². The zero-order chi connectivity index (χ0) is 14.4. The smallest absolute Gasteiger partial charge is 0.253 e. The highest BCUT2D eigenvalue weighted by Crippen LogP contribution is 2.24. The first kappa shape index (κ1) is 15.9. The molecule has 1 aromatic carbocycles. The fraction of sp³-hybridized carbons (Fsp3) is 0.500. The molecule has 0 saturated carbocycles. The summed E-state index contributed by atoms with van der Waals surface area (Å²) in [4.78, 5) is 12.3. The van der Waals surface area contributed by atoms with E-state index in [-0.39, 0.29) is 5.91 Å². The SMILES string of the molecule is CCNc1ccc(Cl)cc1C(=O)NCC1CSCCS1. The Hall–Kier alpha value is -0.520. The maximum atomic E-state index is 12.3. The summed E-state index contributed by atoms with van der Waals surface area (Å²) >= 11 is 9.89. The van der Waals surface area contributed by atoms with Gasteiger partial charge in [-0.2, -0.15) is 23.5 Å². The number of hydrogen-bond acceptors (Lipinski definition) is 4. The topological polar surface area (TPSA) is 41.1 Å². The van der Waals surface area contributed by atoms with Crippen molar-refractivity contribution in [1.82, 2.24) is 5.32 Å². The van der Waals surface area contributed by atoms with E-state index in [4.69, 9.17) is 11.6 Å². The van der Waals surface area contributed by atoms with Crippen LogP contribution in [-0.2, 0) is 0 Å². The van der Waals surface area contributed by atoms with E-state index in [9.17, 15) is 4.79 Å². The zero-order valence-corrected chi connectivity index (χ0v) is 13.8. The highest BCUT2D eigenvalue weighted by atomic mass is 35.5. The van der Waals surface area contributed by atoms with Crippen LogP contribution in [0.25, 0.3) is 0 Å². The average molecular weight is 331 g/mol. The van der Waals surface area contributed by atoms with E-state index < -0.39 is 0 Å². The predicted molar refractivity (Wildman–Crippen MR) is 91.5 cm³/mol. The molecule has 1 heterocycles. The normalized spacial score (nSPS) is 18.6. The van der Waals surface area contributed by atoms with Gasteiger partial charge in [-0.05, 0) is 25.1 Å². The first-order valence-electron chi connectivity index (χ1n) is 6.71. The summed E-state index contributed by atoms with van der Waals surface area (Å²) in [5.74, 6) is 3.44. The number of hydrogen-bond donors (Lipinski definition) is 2. The van der Waals surface area contributed by atoms with E-state index in [0.717, 1.165) is 18.0 Å². The largest absolute Gasteiger partial charge is 0.385 e. The highest BCUT2D eigenvalue weighted by molar-refractivity contribution is 8.06. The third-order valence-corrected chi connectivity index (χ3v) is 6.05. The number of thioether (sulfide) groups is 2. The van der Waals surface area contributed by atoms with Crippen LogP contribution in [0.5, 0.6) is 0 Å². The number of nitrogens with one attached hydrogen (secondary N) is 2. The van der Waals surface area contributed by atoms with Gasteiger partial charge >= 0.3 is 0 Å². The van der Waals surface area contributed by atoms with Gasteiger partial charge in [0.2, 0.25) is 0 Å². The van der Waals surface area contributed by atoms with Gasteiger partial charge in [0, 0.05) is 46.3 Å². The number of benzene rings is 1. The van der Waals surface area contributed by atoms with Gasteiger partial charge in [-0.1, -0.05) is 11.6 Å². The van der Waals surface area contributed by atoms with Crippen molar-refractivity contribution in [3.63, 3.8) is 0 Å². The molecule has 20 heavy (non-hydrogen) atoms. The minimum absolute atomic E-state index is 0.0559. The third-order valence-electron chi connectivity index (χ3n) is 2.97. The average Bonchev–Trinajstić information content (AvgIpc) is 2.48. The van der Waals surface area contributed by atoms with E-state index in [1.54, 1.807) is 12.1 Å². The van der Waals surface area contributed by atoms with Crippen molar-refractivity contribution in [2.24, 2.45) is 0 Å². The fourth-order valence-corrected chi connectivity index (χ4v) is 4.79. The number of carbonyl (C=O) groups is 1. The molecular formula is C14H19ClN2OS2. The van der Waals surface area contributed by atoms with Crippen LogP contribution >= 0.6 is 35.1 Å². The maximum absolute atomic E-state index is 12.3. The van der Waals surface area contributed by atoms with Crippen LogP contribution in [0, 0.1) is 0 Å². The molecule has 1 fully saturated rings. The molecular weight excluding hydrogens is 312 g/mol. The lowest BCUT2D eigenvalue weighted by Gasteiger charge is -2.21. The lowest BCUT2D eigenvalue weighted by Crippen LogP contribution is -2.33. The van der Waals surface area contributed by atoms with Crippen molar-refractivity contribution >= 4 is 46.7 Å². The van der Waals surface area contributed by atoms with Crippen LogP contribution < -0.4 is 10.6 Å². The minimum atomic E-state index is -0.0559. The number of carbonyl (C=O) groups excluding carboxylic acids is 1. The molecule has 0 spiro atoms. The van der Waals surface area contributed by atoms with E-state index in [1.807, 2.05) is 36.5 Å². The molecule has 0 aliphatic carbocycles. The molecule has 110 valence electrons. The van der Waals surface area contributed by atoms with Gasteiger partial charge < -0.3 is 10.6 Å². The standard InChI is InChI=1S/C14H19ClN2OS2/c1-2-16-13-4-3-10(15)7-12(13)14(18)17-8-11-9-19-5-6-20-11/h3-4,7,11,16H,2,5-6,8-9H2,1H3,(H,17,18). The monoisotopic (exact) mass is 330 g/mol. The molecule has 1 aliphatic heterocycles. The molecule has 0 bridgehead atoms. The second kappa shape index (κ2) is 8.05. The molecule has 1 unspecified atom stereocenters. The van der Waals surface area contributed by atoms with Gasteiger partial charge in [0.1, 0.15) is 0 Å². The second-order valence-electron chi connectivity index (χ2n) is 4.50. The molecule has 0 radical (unpaired) electrons. The lowest BCUT2D eigenvalue weighted by molar-refractivity contribution is 0.0955. The van der Waals surface area contributed by atoms with Crippen molar-refractivity contribution in [3.8, 4) is 0 Å². The van der Waals surface area contributed by atoms with Crippen molar-refractivity contribution in [1.29, 1.82) is 0 Å². The molecule has 1 aliphatic rings. The summed E-state index contributed by atoms with van der Waals surface area (Å²) in [7, 11) is 0. The van der Waals surface area contributed by atoms with Crippen molar-refractivity contribution in [2.45, 2.75) is 12.2 Å². The first-order valence-corrected chi connectivity index (χ1v) is 9.29. The number of halogens is 1. The fourth-order valence-electron chi connectivity index (χ4n) is 2.01. The number of rotatable bonds is 5. The number of amides is 1. The van der Waals surface area contributed by atoms with E-state index >= 15 is 0 Å². The van der Waals surface area contributed by atoms with E-state index in [2.05, 4.69) is 10.6 Å². The van der Waals surface area contributed by atoms with E-state index in [1.165, 1.54) is 11.5 Å². The van der Waals surface area contributed by atoms with Crippen LogP contribution in [0.15, 0.2) is 18.2 Å². The highest BCUT2D eigenvalue weighted by Gasteiger charge is 2.17. The Kier molecular flexibility index (Phi) is 6.39. The predicted octanol–water partition coefficient (Wildman–Crippen LogP) is 3.35. The Morgan fingerprint density at radius 3 is 3.00 bits per heavy atom. The van der Waals surface area contributed by atoms with Gasteiger partial charge in [-0.3, -0.25) is 4.79 Å². The molecule has 6 heteroatoms. The summed E-state index contributed by atoms with van der Waals surface area (Å²) in [6.07, 6.45) is 0. The Balaban J connectivity index is 1.98. The van der Waals surface area contributed by atoms with Crippen molar-refractivity contribution in [3.05, 3.63) is 28.8 Å². The van der Waals surface area contributed by atoms with E-state index in [0.29, 0.717) is 22.4 Å². The summed E-state index contributed by atoms with van der Waals surface area (Å²) in [5, 5.41) is 7.31. The molecule has 3 nitrogen and oxygen atoms in total. The van der Waals surface area contributed by atoms with Gasteiger partial charge in [-0.15, -0.1) is 0 Å². The summed E-state index contributed by atoms with van der Waals surface area (Å²) in [5.41, 5.74) is 1.45. The summed E-state index contributed by atoms with van der Waals surface area (Å²) < 4.78 is 0. The zero-order valence-electron chi connectivity index (χ0n) is 11.4. The van der Waals surface area contributed by atoms with Crippen LogP contribution in [0.2, 0.25) is 5.02 Å². The molecule has 1 saturated heterocycles. The Morgan fingerprint density at radius 2 is 2.30 bits per heavy atom. The molecule has 1 atom stereocenters. The van der Waals surface area contributed by atoms with Crippen LogP contribution in [-0.4, -0.2) is 41.5 Å². The molecule has 2 N–H and O–H groups in total. The molecule has 0 aromatic heterocycles. The van der Waals surface area contributed by atoms with Crippen molar-refractivity contribution < 1.29 is 4.79 Å². The molecule has 2 rings (SSSR count). The van der Waals surface area contributed by atoms with Crippen LogP contribution in [0.3, 0.4) is 0 Å². The van der Waals surface area contributed by atoms with Gasteiger partial charge in [0.15, 0.2) is 0 Å². The quantitative estimate of drug-likeness (QED) is 0.868. The van der Waals surface area contributed by atoms with Gasteiger partial charge in [0.05, 0.1) is 5.56 Å². The lowest BCUT2D eigenvalue weighted by atomic mass is 10.1. The molecule has 1 aromatic rings. The summed E-state index contributed by atoms with van der Waals surface area (Å²) in [6, 6.07) is 5.37. The van der Waals surface area contributed by atoms with Gasteiger partial charge in [0.25, 0.3) is 5.91 Å². The second-order valence-corrected chi connectivity index (χ2v) is 7.49. The Bertz CT molecular complexity index is 464. The first-order chi connectivity index (χ1) is 9.70. The van der Waals surface area contributed by atoms with Crippen LogP contribution in [0.1, 0.15) is 17.3 Å². The molecule has 1 amide bonds. The Labute approximate surface area is 133 Å².